The lowest BCUT2D eigenvalue weighted by Gasteiger charge is -2.17. The van der Waals surface area contributed by atoms with Crippen molar-refractivity contribution in [1.29, 1.82) is 0 Å². The molecule has 4 heteroatoms. The Morgan fingerprint density at radius 3 is 2.75 bits per heavy atom. The fourth-order valence-corrected chi connectivity index (χ4v) is 2.01. The summed E-state index contributed by atoms with van der Waals surface area (Å²) in [5.74, 6) is 0.617. The number of amides is 1. The molecule has 1 aliphatic rings. The Morgan fingerprint density at radius 1 is 1.44 bits per heavy atom. The van der Waals surface area contributed by atoms with Crippen molar-refractivity contribution >= 4 is 29.1 Å². The molecule has 1 aromatic carbocycles. The zero-order valence-electron chi connectivity index (χ0n) is 9.04. The molecule has 0 atom stereocenters. The van der Waals surface area contributed by atoms with E-state index in [1.165, 1.54) is 12.8 Å². The van der Waals surface area contributed by atoms with Gasteiger partial charge in [-0.25, -0.2) is 0 Å². The molecule has 2 rings (SSSR count). The van der Waals surface area contributed by atoms with Gasteiger partial charge in [0.1, 0.15) is 0 Å². The van der Waals surface area contributed by atoms with E-state index in [1.807, 2.05) is 0 Å². The van der Waals surface area contributed by atoms with Gasteiger partial charge in [-0.3, -0.25) is 4.79 Å². The fourth-order valence-electron chi connectivity index (χ4n) is 1.64. The highest BCUT2D eigenvalue weighted by molar-refractivity contribution is 6.35. The maximum absolute atomic E-state index is 12.1. The monoisotopic (exact) mass is 257 g/mol. The van der Waals surface area contributed by atoms with Crippen LogP contribution in [-0.2, 0) is 0 Å². The molecular weight excluding hydrogens is 245 g/mol. The molecule has 1 amide bonds. The minimum atomic E-state index is -0.0561. The van der Waals surface area contributed by atoms with E-state index in [9.17, 15) is 4.79 Å². The Hall–Kier alpha value is -0.730. The van der Waals surface area contributed by atoms with Gasteiger partial charge in [0.15, 0.2) is 0 Å². The van der Waals surface area contributed by atoms with E-state index in [1.54, 1.807) is 30.1 Å². The molecule has 0 bridgehead atoms. The normalized spacial score (nSPS) is 14.9. The first-order valence-corrected chi connectivity index (χ1v) is 6.04. The third-order valence-corrected chi connectivity index (χ3v) is 3.30. The van der Waals surface area contributed by atoms with Crippen LogP contribution in [0.25, 0.3) is 0 Å². The van der Waals surface area contributed by atoms with Crippen molar-refractivity contribution in [3.63, 3.8) is 0 Å². The second-order valence-electron chi connectivity index (χ2n) is 4.25. The molecule has 1 saturated carbocycles. The third-order valence-electron chi connectivity index (χ3n) is 2.73. The molecule has 1 fully saturated rings. The minimum Gasteiger partial charge on any atom is -0.341 e. The van der Waals surface area contributed by atoms with Crippen molar-refractivity contribution in [3.05, 3.63) is 33.8 Å². The van der Waals surface area contributed by atoms with E-state index in [-0.39, 0.29) is 5.91 Å². The lowest BCUT2D eigenvalue weighted by molar-refractivity contribution is 0.0789. The van der Waals surface area contributed by atoms with Gasteiger partial charge in [-0.05, 0) is 37.0 Å². The largest absolute Gasteiger partial charge is 0.341 e. The molecule has 0 aliphatic heterocycles. The Balaban J connectivity index is 2.14. The lowest BCUT2D eigenvalue weighted by Crippen LogP contribution is -2.28. The van der Waals surface area contributed by atoms with Gasteiger partial charge in [0.2, 0.25) is 0 Å². The van der Waals surface area contributed by atoms with Crippen LogP contribution in [0.5, 0.6) is 0 Å². The smallest absolute Gasteiger partial charge is 0.255 e. The molecule has 0 aromatic heterocycles. The van der Waals surface area contributed by atoms with Crippen LogP contribution in [0.15, 0.2) is 18.2 Å². The molecule has 1 aliphatic carbocycles. The van der Waals surface area contributed by atoms with Gasteiger partial charge < -0.3 is 4.90 Å². The molecule has 0 N–H and O–H groups in total. The van der Waals surface area contributed by atoms with Gasteiger partial charge in [0, 0.05) is 18.6 Å². The third kappa shape index (κ3) is 2.69. The highest BCUT2D eigenvalue weighted by Crippen LogP contribution is 2.30. The van der Waals surface area contributed by atoms with E-state index in [4.69, 9.17) is 23.2 Å². The van der Waals surface area contributed by atoms with Crippen molar-refractivity contribution in [2.45, 2.75) is 12.8 Å². The van der Waals surface area contributed by atoms with Crippen molar-refractivity contribution in [2.24, 2.45) is 5.92 Å². The van der Waals surface area contributed by atoms with E-state index < -0.39 is 0 Å². The van der Waals surface area contributed by atoms with Crippen LogP contribution in [0.1, 0.15) is 23.2 Å². The van der Waals surface area contributed by atoms with Gasteiger partial charge in [-0.1, -0.05) is 23.2 Å². The number of carbonyl (C=O) groups is 1. The molecule has 2 nitrogen and oxygen atoms in total. The van der Waals surface area contributed by atoms with Crippen LogP contribution in [0.3, 0.4) is 0 Å². The second kappa shape index (κ2) is 4.64. The summed E-state index contributed by atoms with van der Waals surface area (Å²) in [5, 5.41) is 0.990. The predicted molar refractivity (Wildman–Crippen MR) is 66.1 cm³/mol. The van der Waals surface area contributed by atoms with E-state index >= 15 is 0 Å². The first-order chi connectivity index (χ1) is 7.58. The lowest BCUT2D eigenvalue weighted by atomic mass is 10.2. The molecular formula is C12H13Cl2NO. The second-order valence-corrected chi connectivity index (χ2v) is 5.10. The number of carbonyl (C=O) groups excluding carboxylic acids is 1. The molecule has 0 radical (unpaired) electrons. The van der Waals surface area contributed by atoms with Crippen LogP contribution < -0.4 is 0 Å². The van der Waals surface area contributed by atoms with E-state index in [0.717, 1.165) is 6.54 Å². The standard InChI is InChI=1S/C12H13Cl2NO/c1-15(7-8-2-3-8)12(16)10-6-9(13)4-5-11(10)14/h4-6,8H,2-3,7H2,1H3. The Kier molecular flexibility index (Phi) is 3.41. The minimum absolute atomic E-state index is 0.0561. The zero-order chi connectivity index (χ0) is 11.7. The number of halogens is 2. The maximum atomic E-state index is 12.1. The van der Waals surface area contributed by atoms with Gasteiger partial charge >= 0.3 is 0 Å². The molecule has 16 heavy (non-hydrogen) atoms. The van der Waals surface area contributed by atoms with Gasteiger partial charge in [-0.2, -0.15) is 0 Å². The zero-order valence-corrected chi connectivity index (χ0v) is 10.6. The van der Waals surface area contributed by atoms with Crippen LogP contribution in [0.2, 0.25) is 10.0 Å². The molecule has 86 valence electrons. The summed E-state index contributed by atoms with van der Waals surface area (Å²) in [4.78, 5) is 13.8. The van der Waals surface area contributed by atoms with Crippen molar-refractivity contribution in [3.8, 4) is 0 Å². The van der Waals surface area contributed by atoms with E-state index in [0.29, 0.717) is 21.5 Å². The number of rotatable bonds is 3. The average molecular weight is 258 g/mol. The summed E-state index contributed by atoms with van der Waals surface area (Å²) in [5.41, 5.74) is 0.484. The summed E-state index contributed by atoms with van der Waals surface area (Å²) >= 11 is 11.8. The molecule has 0 saturated heterocycles. The van der Waals surface area contributed by atoms with E-state index in [2.05, 4.69) is 0 Å². The van der Waals surface area contributed by atoms with Crippen molar-refractivity contribution in [1.82, 2.24) is 4.90 Å². The number of nitrogens with zero attached hydrogens (tertiary/aromatic N) is 1. The highest BCUT2D eigenvalue weighted by atomic mass is 35.5. The molecule has 0 heterocycles. The fraction of sp³-hybridized carbons (Fsp3) is 0.417. The average Bonchev–Trinajstić information content (AvgIpc) is 3.04. The molecule has 0 spiro atoms. The van der Waals surface area contributed by atoms with Crippen LogP contribution in [0, 0.1) is 5.92 Å². The van der Waals surface area contributed by atoms with Crippen LogP contribution in [0.4, 0.5) is 0 Å². The first-order valence-electron chi connectivity index (χ1n) is 5.28. The number of benzene rings is 1. The van der Waals surface area contributed by atoms with Crippen LogP contribution in [-0.4, -0.2) is 24.4 Å². The summed E-state index contributed by atoms with van der Waals surface area (Å²) in [6.07, 6.45) is 2.45. The topological polar surface area (TPSA) is 20.3 Å². The SMILES string of the molecule is CN(CC1CC1)C(=O)c1cc(Cl)ccc1Cl. The maximum Gasteiger partial charge on any atom is 0.255 e. The predicted octanol–water partition coefficient (Wildman–Crippen LogP) is 3.48. The summed E-state index contributed by atoms with van der Waals surface area (Å²) in [6.45, 7) is 0.807. The number of hydrogen-bond acceptors (Lipinski definition) is 1. The summed E-state index contributed by atoms with van der Waals surface area (Å²) in [6, 6.07) is 4.96. The highest BCUT2D eigenvalue weighted by Gasteiger charge is 2.25. The number of hydrogen-bond donors (Lipinski definition) is 0. The summed E-state index contributed by atoms with van der Waals surface area (Å²) in [7, 11) is 1.80. The molecule has 0 unspecified atom stereocenters. The van der Waals surface area contributed by atoms with Crippen LogP contribution >= 0.6 is 23.2 Å². The van der Waals surface area contributed by atoms with Gasteiger partial charge in [0.25, 0.3) is 5.91 Å². The van der Waals surface area contributed by atoms with Gasteiger partial charge in [-0.15, -0.1) is 0 Å². The Labute approximate surface area is 105 Å². The quantitative estimate of drug-likeness (QED) is 0.812. The van der Waals surface area contributed by atoms with Crippen molar-refractivity contribution < 1.29 is 4.79 Å². The van der Waals surface area contributed by atoms with Gasteiger partial charge in [0.05, 0.1) is 10.6 Å². The Morgan fingerprint density at radius 2 is 2.12 bits per heavy atom. The summed E-state index contributed by atoms with van der Waals surface area (Å²) < 4.78 is 0. The first kappa shape index (κ1) is 11.7. The Bertz CT molecular complexity index is 415. The molecule has 1 aromatic rings. The van der Waals surface area contributed by atoms with Crippen molar-refractivity contribution in [2.75, 3.05) is 13.6 Å².